The second-order valence-electron chi connectivity index (χ2n) is 4.71. The van der Waals surface area contributed by atoms with Gasteiger partial charge in [0.25, 0.3) is 0 Å². The first-order valence-corrected chi connectivity index (χ1v) is 5.97. The summed E-state index contributed by atoms with van der Waals surface area (Å²) in [6.45, 7) is 11.4. The zero-order valence-electron chi connectivity index (χ0n) is 11.0. The van der Waals surface area contributed by atoms with Gasteiger partial charge in [0.1, 0.15) is 11.9 Å². The van der Waals surface area contributed by atoms with Gasteiger partial charge in [0.2, 0.25) is 0 Å². The lowest BCUT2D eigenvalue weighted by Crippen LogP contribution is -2.33. The van der Waals surface area contributed by atoms with E-state index in [4.69, 9.17) is 4.74 Å². The molecule has 1 unspecified atom stereocenters. The van der Waals surface area contributed by atoms with E-state index in [1.54, 1.807) is 0 Å². The Balaban J connectivity index is 2.59. The predicted molar refractivity (Wildman–Crippen MR) is 69.1 cm³/mol. The molecule has 0 bridgehead atoms. The Kier molecular flexibility index (Phi) is 4.81. The van der Waals surface area contributed by atoms with Crippen molar-refractivity contribution in [2.24, 2.45) is 0 Å². The van der Waals surface area contributed by atoms with Crippen molar-refractivity contribution >= 4 is 0 Å². The largest absolute Gasteiger partial charge is 0.489 e. The van der Waals surface area contributed by atoms with Gasteiger partial charge in [0.15, 0.2) is 0 Å². The molecule has 1 N–H and O–H groups in total. The molecule has 1 aromatic rings. The van der Waals surface area contributed by atoms with E-state index in [1.807, 2.05) is 0 Å². The highest BCUT2D eigenvalue weighted by Gasteiger charge is 2.08. The van der Waals surface area contributed by atoms with Gasteiger partial charge >= 0.3 is 0 Å². The van der Waals surface area contributed by atoms with Crippen LogP contribution in [0.2, 0.25) is 0 Å². The summed E-state index contributed by atoms with van der Waals surface area (Å²) in [7, 11) is 0. The highest BCUT2D eigenvalue weighted by molar-refractivity contribution is 5.39. The number of ether oxygens (including phenoxy) is 1. The molecule has 0 saturated heterocycles. The Hall–Kier alpha value is -1.02. The molecule has 1 rings (SSSR count). The third-order valence-corrected chi connectivity index (χ3v) is 2.54. The van der Waals surface area contributed by atoms with E-state index in [0.29, 0.717) is 6.04 Å². The van der Waals surface area contributed by atoms with E-state index in [-0.39, 0.29) is 6.10 Å². The maximum absolute atomic E-state index is 5.96. The molecule has 90 valence electrons. The minimum absolute atomic E-state index is 0.196. The second-order valence-corrected chi connectivity index (χ2v) is 4.71. The predicted octanol–water partition coefficient (Wildman–Crippen LogP) is 3.07. The van der Waals surface area contributed by atoms with E-state index in [0.717, 1.165) is 12.3 Å². The third-order valence-electron chi connectivity index (χ3n) is 2.54. The fourth-order valence-corrected chi connectivity index (χ4v) is 1.63. The molecular formula is C14H23NO. The molecule has 0 heterocycles. The number of aryl methyl sites for hydroxylation is 2. The van der Waals surface area contributed by atoms with Crippen molar-refractivity contribution in [1.82, 2.24) is 5.32 Å². The van der Waals surface area contributed by atoms with Crippen LogP contribution in [0.3, 0.4) is 0 Å². The minimum atomic E-state index is 0.196. The van der Waals surface area contributed by atoms with Crippen LogP contribution in [0.15, 0.2) is 18.2 Å². The van der Waals surface area contributed by atoms with Crippen LogP contribution in [0.25, 0.3) is 0 Å². The third kappa shape index (κ3) is 3.86. The van der Waals surface area contributed by atoms with Crippen LogP contribution in [0.5, 0.6) is 5.75 Å². The zero-order valence-corrected chi connectivity index (χ0v) is 11.0. The standard InChI is InChI=1S/C14H23NO/c1-10(2)15-9-13(5)16-14-11(3)7-6-8-12(14)4/h6-8,10,13,15H,9H2,1-5H3. The van der Waals surface area contributed by atoms with E-state index >= 15 is 0 Å². The van der Waals surface area contributed by atoms with E-state index in [1.165, 1.54) is 11.1 Å². The molecule has 1 aromatic carbocycles. The molecule has 0 fully saturated rings. The van der Waals surface area contributed by atoms with E-state index < -0.39 is 0 Å². The first kappa shape index (κ1) is 13.0. The van der Waals surface area contributed by atoms with Crippen LogP contribution in [0.4, 0.5) is 0 Å². The van der Waals surface area contributed by atoms with Crippen molar-refractivity contribution in [2.75, 3.05) is 6.54 Å². The first-order chi connectivity index (χ1) is 7.50. The first-order valence-electron chi connectivity index (χ1n) is 5.97. The second kappa shape index (κ2) is 5.90. The molecule has 0 aliphatic rings. The summed E-state index contributed by atoms with van der Waals surface area (Å²) in [6.07, 6.45) is 0.196. The SMILES string of the molecule is Cc1cccc(C)c1OC(C)CNC(C)C. The molecular weight excluding hydrogens is 198 g/mol. The molecule has 0 aromatic heterocycles. The van der Waals surface area contributed by atoms with Gasteiger partial charge < -0.3 is 10.1 Å². The Morgan fingerprint density at radius 2 is 1.69 bits per heavy atom. The number of rotatable bonds is 5. The van der Waals surface area contributed by atoms with Crippen LogP contribution in [-0.4, -0.2) is 18.7 Å². The Morgan fingerprint density at radius 1 is 1.12 bits per heavy atom. The summed E-state index contributed by atoms with van der Waals surface area (Å²) < 4.78 is 5.96. The summed E-state index contributed by atoms with van der Waals surface area (Å²) in [5.74, 6) is 1.03. The smallest absolute Gasteiger partial charge is 0.125 e. The highest BCUT2D eigenvalue weighted by atomic mass is 16.5. The molecule has 2 heteroatoms. The topological polar surface area (TPSA) is 21.3 Å². The number of nitrogens with one attached hydrogen (secondary N) is 1. The lowest BCUT2D eigenvalue weighted by molar-refractivity contribution is 0.211. The van der Waals surface area contributed by atoms with Crippen molar-refractivity contribution in [3.05, 3.63) is 29.3 Å². The van der Waals surface area contributed by atoms with Crippen molar-refractivity contribution in [3.63, 3.8) is 0 Å². The summed E-state index contributed by atoms with van der Waals surface area (Å²) in [5.41, 5.74) is 2.41. The van der Waals surface area contributed by atoms with Gasteiger partial charge in [-0.3, -0.25) is 0 Å². The quantitative estimate of drug-likeness (QED) is 0.825. The van der Waals surface area contributed by atoms with Gasteiger partial charge in [-0.2, -0.15) is 0 Å². The summed E-state index contributed by atoms with van der Waals surface area (Å²) in [4.78, 5) is 0. The fraction of sp³-hybridized carbons (Fsp3) is 0.571. The molecule has 0 spiro atoms. The highest BCUT2D eigenvalue weighted by Crippen LogP contribution is 2.23. The summed E-state index contributed by atoms with van der Waals surface area (Å²) in [6, 6.07) is 6.74. The van der Waals surface area contributed by atoms with Crippen LogP contribution in [0.1, 0.15) is 31.9 Å². The minimum Gasteiger partial charge on any atom is -0.489 e. The fourth-order valence-electron chi connectivity index (χ4n) is 1.63. The van der Waals surface area contributed by atoms with Crippen LogP contribution in [-0.2, 0) is 0 Å². The van der Waals surface area contributed by atoms with E-state index in [9.17, 15) is 0 Å². The average molecular weight is 221 g/mol. The van der Waals surface area contributed by atoms with Gasteiger partial charge in [-0.25, -0.2) is 0 Å². The van der Waals surface area contributed by atoms with Crippen LogP contribution in [0, 0.1) is 13.8 Å². The van der Waals surface area contributed by atoms with Crippen molar-refractivity contribution in [2.45, 2.75) is 46.8 Å². The van der Waals surface area contributed by atoms with Gasteiger partial charge in [-0.15, -0.1) is 0 Å². The molecule has 1 atom stereocenters. The average Bonchev–Trinajstić information content (AvgIpc) is 2.21. The molecule has 0 aliphatic heterocycles. The zero-order chi connectivity index (χ0) is 12.1. The van der Waals surface area contributed by atoms with Crippen LogP contribution >= 0.6 is 0 Å². The number of benzene rings is 1. The normalized spacial score (nSPS) is 12.9. The number of hydrogen-bond donors (Lipinski definition) is 1. The van der Waals surface area contributed by atoms with Crippen molar-refractivity contribution in [1.29, 1.82) is 0 Å². The van der Waals surface area contributed by atoms with Gasteiger partial charge in [0, 0.05) is 12.6 Å². The van der Waals surface area contributed by atoms with Gasteiger partial charge in [-0.1, -0.05) is 32.0 Å². The Labute approximate surface area is 99.0 Å². The van der Waals surface area contributed by atoms with Gasteiger partial charge in [-0.05, 0) is 31.9 Å². The van der Waals surface area contributed by atoms with E-state index in [2.05, 4.69) is 58.1 Å². The summed E-state index contributed by atoms with van der Waals surface area (Å²) in [5, 5.41) is 3.38. The van der Waals surface area contributed by atoms with Gasteiger partial charge in [0.05, 0.1) is 0 Å². The Morgan fingerprint density at radius 3 is 2.19 bits per heavy atom. The lowest BCUT2D eigenvalue weighted by atomic mass is 10.1. The molecule has 0 radical (unpaired) electrons. The van der Waals surface area contributed by atoms with Crippen molar-refractivity contribution < 1.29 is 4.74 Å². The Bertz CT molecular complexity index is 313. The molecule has 2 nitrogen and oxygen atoms in total. The molecule has 0 saturated carbocycles. The summed E-state index contributed by atoms with van der Waals surface area (Å²) >= 11 is 0. The van der Waals surface area contributed by atoms with Crippen molar-refractivity contribution in [3.8, 4) is 5.75 Å². The number of hydrogen-bond acceptors (Lipinski definition) is 2. The van der Waals surface area contributed by atoms with Crippen LogP contribution < -0.4 is 10.1 Å². The molecule has 0 aliphatic carbocycles. The molecule has 0 amide bonds. The molecule has 16 heavy (non-hydrogen) atoms. The number of para-hydroxylation sites is 1. The lowest BCUT2D eigenvalue weighted by Gasteiger charge is -2.19. The maximum atomic E-state index is 5.96. The monoisotopic (exact) mass is 221 g/mol. The maximum Gasteiger partial charge on any atom is 0.125 e.